The molecule has 1 amide bonds. The van der Waals surface area contributed by atoms with Gasteiger partial charge in [-0.25, -0.2) is 0 Å². The van der Waals surface area contributed by atoms with Crippen LogP contribution in [0.15, 0.2) is 24.3 Å². The van der Waals surface area contributed by atoms with Crippen LogP contribution in [-0.2, 0) is 11.2 Å². The minimum Gasteiger partial charge on any atom is -0.353 e. The fourth-order valence-electron chi connectivity index (χ4n) is 1.56. The number of halogens is 1. The number of hydrogen-bond donors (Lipinski definition) is 1. The Morgan fingerprint density at radius 2 is 2.00 bits per heavy atom. The topological polar surface area (TPSA) is 29.1 Å². The number of amides is 1. The predicted octanol–water partition coefficient (Wildman–Crippen LogP) is 2.67. The summed E-state index contributed by atoms with van der Waals surface area (Å²) in [7, 11) is 0. The predicted molar refractivity (Wildman–Crippen MR) is 67.8 cm³/mol. The molecule has 0 fully saturated rings. The Hall–Kier alpha value is -1.02. The molecule has 1 rings (SSSR count). The molecule has 2 nitrogen and oxygen atoms in total. The quantitative estimate of drug-likeness (QED) is 0.787. The van der Waals surface area contributed by atoms with Gasteiger partial charge in [0.25, 0.3) is 0 Å². The third-order valence-corrected chi connectivity index (χ3v) is 2.58. The molecule has 0 aliphatic rings. The van der Waals surface area contributed by atoms with Crippen molar-refractivity contribution in [3.8, 4) is 0 Å². The summed E-state index contributed by atoms with van der Waals surface area (Å²) < 4.78 is 0. The highest BCUT2D eigenvalue weighted by Crippen LogP contribution is 2.06. The van der Waals surface area contributed by atoms with E-state index in [9.17, 15) is 4.79 Å². The van der Waals surface area contributed by atoms with Crippen molar-refractivity contribution in [2.45, 2.75) is 32.7 Å². The molecule has 88 valence electrons. The van der Waals surface area contributed by atoms with Gasteiger partial charge in [0.05, 0.1) is 0 Å². The third kappa shape index (κ3) is 4.67. The van der Waals surface area contributed by atoms with Crippen LogP contribution < -0.4 is 5.32 Å². The zero-order chi connectivity index (χ0) is 12.0. The number of aryl methyl sites for hydroxylation is 1. The van der Waals surface area contributed by atoms with E-state index in [2.05, 4.69) is 36.5 Å². The number of carbonyl (C=O) groups excluding carboxylic acids is 1. The molecule has 0 radical (unpaired) electrons. The van der Waals surface area contributed by atoms with Gasteiger partial charge in [0.2, 0.25) is 5.91 Å². The molecule has 16 heavy (non-hydrogen) atoms. The average Bonchev–Trinajstić information content (AvgIpc) is 2.21. The molecule has 0 spiro atoms. The van der Waals surface area contributed by atoms with Gasteiger partial charge in [-0.05, 0) is 25.8 Å². The number of hydrogen-bond acceptors (Lipinski definition) is 1. The van der Waals surface area contributed by atoms with Crippen LogP contribution in [0.4, 0.5) is 0 Å². The van der Waals surface area contributed by atoms with Crippen LogP contribution in [0.25, 0.3) is 0 Å². The standard InChI is InChI=1S/C13H18ClNO/c1-10-3-5-12(6-4-10)9-11(2)15-13(16)7-8-14/h3-6,11H,7-9H2,1-2H3,(H,15,16). The van der Waals surface area contributed by atoms with Crippen LogP contribution in [0.3, 0.4) is 0 Å². The molecule has 1 aromatic rings. The molecule has 1 N–H and O–H groups in total. The second-order valence-electron chi connectivity index (χ2n) is 4.10. The molecule has 1 atom stereocenters. The van der Waals surface area contributed by atoms with E-state index in [0.29, 0.717) is 12.3 Å². The average molecular weight is 240 g/mol. The van der Waals surface area contributed by atoms with Crippen molar-refractivity contribution >= 4 is 17.5 Å². The largest absolute Gasteiger partial charge is 0.353 e. The maximum absolute atomic E-state index is 11.3. The van der Waals surface area contributed by atoms with E-state index in [1.54, 1.807) is 0 Å². The molecular formula is C13H18ClNO. The Balaban J connectivity index is 2.42. The van der Waals surface area contributed by atoms with Gasteiger partial charge in [0, 0.05) is 18.3 Å². The summed E-state index contributed by atoms with van der Waals surface area (Å²) in [5, 5.41) is 2.92. The van der Waals surface area contributed by atoms with Crippen LogP contribution in [-0.4, -0.2) is 17.8 Å². The molecule has 0 aromatic heterocycles. The zero-order valence-corrected chi connectivity index (χ0v) is 10.6. The molecular weight excluding hydrogens is 222 g/mol. The van der Waals surface area contributed by atoms with Crippen molar-refractivity contribution < 1.29 is 4.79 Å². The Kier molecular flexibility index (Phi) is 5.33. The first-order valence-corrected chi connectivity index (χ1v) is 6.06. The van der Waals surface area contributed by atoms with Gasteiger partial charge >= 0.3 is 0 Å². The Morgan fingerprint density at radius 1 is 1.38 bits per heavy atom. The highest BCUT2D eigenvalue weighted by Gasteiger charge is 2.07. The monoisotopic (exact) mass is 239 g/mol. The smallest absolute Gasteiger partial charge is 0.221 e. The molecule has 3 heteroatoms. The Labute approximate surface area is 102 Å². The summed E-state index contributed by atoms with van der Waals surface area (Å²) in [5.41, 5.74) is 2.49. The molecule has 0 bridgehead atoms. The Morgan fingerprint density at radius 3 is 2.56 bits per heavy atom. The molecule has 0 aliphatic carbocycles. The summed E-state index contributed by atoms with van der Waals surface area (Å²) in [4.78, 5) is 11.3. The summed E-state index contributed by atoms with van der Waals surface area (Å²) in [6.07, 6.45) is 1.24. The van der Waals surface area contributed by atoms with Crippen LogP contribution in [0.5, 0.6) is 0 Å². The van der Waals surface area contributed by atoms with Crippen molar-refractivity contribution in [3.05, 3.63) is 35.4 Å². The minimum atomic E-state index is 0.0228. The highest BCUT2D eigenvalue weighted by molar-refractivity contribution is 6.18. The summed E-state index contributed by atoms with van der Waals surface area (Å²) in [6, 6.07) is 8.52. The fraction of sp³-hybridized carbons (Fsp3) is 0.462. The minimum absolute atomic E-state index is 0.0228. The van der Waals surface area contributed by atoms with E-state index in [-0.39, 0.29) is 11.9 Å². The number of nitrogens with one attached hydrogen (secondary N) is 1. The van der Waals surface area contributed by atoms with Gasteiger partial charge in [-0.3, -0.25) is 4.79 Å². The van der Waals surface area contributed by atoms with Gasteiger partial charge < -0.3 is 5.32 Å². The second-order valence-corrected chi connectivity index (χ2v) is 4.48. The van der Waals surface area contributed by atoms with Crippen LogP contribution in [0.1, 0.15) is 24.5 Å². The lowest BCUT2D eigenvalue weighted by molar-refractivity contribution is -0.121. The van der Waals surface area contributed by atoms with Gasteiger partial charge in [0.1, 0.15) is 0 Å². The van der Waals surface area contributed by atoms with Gasteiger partial charge in [0.15, 0.2) is 0 Å². The normalized spacial score (nSPS) is 12.2. The van der Waals surface area contributed by atoms with E-state index in [1.807, 2.05) is 6.92 Å². The summed E-state index contributed by atoms with van der Waals surface area (Å²) in [5.74, 6) is 0.401. The maximum Gasteiger partial charge on any atom is 0.221 e. The maximum atomic E-state index is 11.3. The van der Waals surface area contributed by atoms with Gasteiger partial charge in [-0.1, -0.05) is 29.8 Å². The first kappa shape index (κ1) is 13.0. The van der Waals surface area contributed by atoms with E-state index < -0.39 is 0 Å². The van der Waals surface area contributed by atoms with E-state index in [0.717, 1.165) is 6.42 Å². The SMILES string of the molecule is Cc1ccc(CC(C)NC(=O)CCCl)cc1. The fourth-order valence-corrected chi connectivity index (χ4v) is 1.73. The lowest BCUT2D eigenvalue weighted by atomic mass is 10.1. The van der Waals surface area contributed by atoms with Crippen LogP contribution in [0.2, 0.25) is 0 Å². The number of alkyl halides is 1. The number of carbonyl (C=O) groups is 1. The van der Waals surface area contributed by atoms with Crippen molar-refractivity contribution in [2.75, 3.05) is 5.88 Å². The molecule has 0 heterocycles. The van der Waals surface area contributed by atoms with Gasteiger partial charge in [-0.2, -0.15) is 0 Å². The van der Waals surface area contributed by atoms with Crippen LogP contribution in [0, 0.1) is 6.92 Å². The summed E-state index contributed by atoms with van der Waals surface area (Å²) in [6.45, 7) is 4.07. The molecule has 0 saturated carbocycles. The molecule has 0 aliphatic heterocycles. The van der Waals surface area contributed by atoms with Gasteiger partial charge in [-0.15, -0.1) is 11.6 Å². The lowest BCUT2D eigenvalue weighted by Gasteiger charge is -2.13. The number of rotatable bonds is 5. The van der Waals surface area contributed by atoms with E-state index in [4.69, 9.17) is 11.6 Å². The van der Waals surface area contributed by atoms with Crippen molar-refractivity contribution in [2.24, 2.45) is 0 Å². The summed E-state index contributed by atoms with van der Waals surface area (Å²) >= 11 is 5.50. The first-order valence-electron chi connectivity index (χ1n) is 5.52. The van der Waals surface area contributed by atoms with Crippen molar-refractivity contribution in [1.82, 2.24) is 5.32 Å². The van der Waals surface area contributed by atoms with Crippen molar-refractivity contribution in [1.29, 1.82) is 0 Å². The van der Waals surface area contributed by atoms with Crippen molar-refractivity contribution in [3.63, 3.8) is 0 Å². The zero-order valence-electron chi connectivity index (χ0n) is 9.79. The first-order chi connectivity index (χ1) is 7.61. The molecule has 1 unspecified atom stereocenters. The lowest BCUT2D eigenvalue weighted by Crippen LogP contribution is -2.34. The van der Waals surface area contributed by atoms with E-state index in [1.165, 1.54) is 11.1 Å². The molecule has 1 aromatic carbocycles. The second kappa shape index (κ2) is 6.54. The Bertz CT molecular complexity index is 334. The number of benzene rings is 1. The van der Waals surface area contributed by atoms with E-state index >= 15 is 0 Å². The van der Waals surface area contributed by atoms with Crippen LogP contribution >= 0.6 is 11.6 Å². The molecule has 0 saturated heterocycles. The third-order valence-electron chi connectivity index (χ3n) is 2.39. The highest BCUT2D eigenvalue weighted by atomic mass is 35.5.